The molecule has 0 aliphatic heterocycles. The third-order valence-electron chi connectivity index (χ3n) is 3.03. The van der Waals surface area contributed by atoms with Crippen molar-refractivity contribution < 1.29 is 22.1 Å². The second-order valence-electron chi connectivity index (χ2n) is 4.00. The van der Waals surface area contributed by atoms with Gasteiger partial charge in [-0.2, -0.15) is 4.39 Å². The SMILES string of the molecule is CCc1c2c(F)c(F)c(F)c(F)c2nc(C)[n+]1C. The number of aryl methyl sites for hydroxylation is 2. The zero-order chi connectivity index (χ0) is 13.6. The van der Waals surface area contributed by atoms with Gasteiger partial charge in [-0.1, -0.05) is 6.92 Å². The Morgan fingerprint density at radius 1 is 1.00 bits per heavy atom. The molecule has 2 rings (SSSR count). The van der Waals surface area contributed by atoms with Gasteiger partial charge in [0.05, 0.1) is 7.05 Å². The number of aromatic nitrogens is 2. The van der Waals surface area contributed by atoms with Crippen molar-refractivity contribution >= 4 is 10.9 Å². The van der Waals surface area contributed by atoms with Gasteiger partial charge in [0.2, 0.25) is 17.2 Å². The summed E-state index contributed by atoms with van der Waals surface area (Å²) in [5, 5.41) is -0.304. The summed E-state index contributed by atoms with van der Waals surface area (Å²) in [6.07, 6.45) is 0.345. The van der Waals surface area contributed by atoms with Crippen LogP contribution in [0.5, 0.6) is 0 Å². The summed E-state index contributed by atoms with van der Waals surface area (Å²) in [6, 6.07) is 0. The van der Waals surface area contributed by atoms with Crippen LogP contribution in [0.25, 0.3) is 10.9 Å². The van der Waals surface area contributed by atoms with Crippen molar-refractivity contribution in [1.82, 2.24) is 4.98 Å². The number of rotatable bonds is 1. The van der Waals surface area contributed by atoms with Crippen molar-refractivity contribution in [2.75, 3.05) is 0 Å². The van der Waals surface area contributed by atoms with Gasteiger partial charge in [0.25, 0.3) is 5.82 Å². The maximum absolute atomic E-state index is 13.8. The van der Waals surface area contributed by atoms with Crippen molar-refractivity contribution in [2.24, 2.45) is 7.05 Å². The molecule has 1 aromatic carbocycles. The lowest BCUT2D eigenvalue weighted by molar-refractivity contribution is -0.686. The molecule has 18 heavy (non-hydrogen) atoms. The van der Waals surface area contributed by atoms with E-state index in [0.717, 1.165) is 0 Å². The predicted octanol–water partition coefficient (Wildman–Crippen LogP) is 2.49. The van der Waals surface area contributed by atoms with E-state index in [1.165, 1.54) is 4.57 Å². The van der Waals surface area contributed by atoms with Gasteiger partial charge in [0.15, 0.2) is 11.6 Å². The molecule has 1 heterocycles. The zero-order valence-electron chi connectivity index (χ0n) is 10.1. The molecule has 2 aromatic rings. The molecule has 0 saturated carbocycles. The highest BCUT2D eigenvalue weighted by Crippen LogP contribution is 2.27. The minimum atomic E-state index is -1.83. The molecule has 0 fully saturated rings. The average molecular weight is 259 g/mol. The third-order valence-corrected chi connectivity index (χ3v) is 3.03. The molecule has 0 radical (unpaired) electrons. The first kappa shape index (κ1) is 12.7. The fourth-order valence-electron chi connectivity index (χ4n) is 2.00. The number of benzene rings is 1. The van der Waals surface area contributed by atoms with Gasteiger partial charge in [0.1, 0.15) is 11.1 Å². The fourth-order valence-corrected chi connectivity index (χ4v) is 2.00. The van der Waals surface area contributed by atoms with Gasteiger partial charge in [-0.25, -0.2) is 17.7 Å². The van der Waals surface area contributed by atoms with E-state index in [1.54, 1.807) is 20.9 Å². The van der Waals surface area contributed by atoms with Crippen LogP contribution in [0.2, 0.25) is 0 Å². The molecule has 0 aliphatic carbocycles. The van der Waals surface area contributed by atoms with E-state index in [1.807, 2.05) is 0 Å². The van der Waals surface area contributed by atoms with Gasteiger partial charge < -0.3 is 0 Å². The van der Waals surface area contributed by atoms with E-state index in [4.69, 9.17) is 0 Å². The van der Waals surface area contributed by atoms with E-state index in [9.17, 15) is 17.6 Å². The van der Waals surface area contributed by atoms with Gasteiger partial charge in [-0.05, 0) is 4.98 Å². The highest BCUT2D eigenvalue weighted by atomic mass is 19.2. The first-order valence-corrected chi connectivity index (χ1v) is 5.41. The molecular weight excluding hydrogens is 248 g/mol. The summed E-state index contributed by atoms with van der Waals surface area (Å²) in [5.41, 5.74) is -0.105. The molecule has 0 atom stereocenters. The lowest BCUT2D eigenvalue weighted by atomic mass is 10.1. The molecule has 0 N–H and O–H groups in total. The predicted molar refractivity (Wildman–Crippen MR) is 56.9 cm³/mol. The van der Waals surface area contributed by atoms with Crippen LogP contribution in [0, 0.1) is 30.2 Å². The Hall–Kier alpha value is -1.72. The van der Waals surface area contributed by atoms with Crippen LogP contribution in [0.1, 0.15) is 18.4 Å². The van der Waals surface area contributed by atoms with Crippen molar-refractivity contribution in [2.45, 2.75) is 20.3 Å². The van der Waals surface area contributed by atoms with Crippen molar-refractivity contribution in [1.29, 1.82) is 0 Å². The second kappa shape index (κ2) is 4.19. The number of fused-ring (bicyclic) bond motifs is 1. The van der Waals surface area contributed by atoms with Crippen LogP contribution in [0.15, 0.2) is 0 Å². The van der Waals surface area contributed by atoms with E-state index in [-0.39, 0.29) is 5.39 Å². The maximum Gasteiger partial charge on any atom is 0.296 e. The van der Waals surface area contributed by atoms with Crippen molar-refractivity contribution in [3.8, 4) is 0 Å². The van der Waals surface area contributed by atoms with Gasteiger partial charge in [-0.3, -0.25) is 0 Å². The normalized spacial score (nSPS) is 11.3. The Balaban J connectivity index is 3.11. The number of nitrogens with zero attached hydrogens (tertiary/aromatic N) is 2. The standard InChI is InChI=1S/C12H11F4N2/c1-4-6-7-8(13)9(14)10(15)11(16)12(7)17-5(2)18(6)3/h4H2,1-3H3/q+1. The van der Waals surface area contributed by atoms with Crippen LogP contribution in [0.3, 0.4) is 0 Å². The molecule has 0 spiro atoms. The highest BCUT2D eigenvalue weighted by Gasteiger charge is 2.29. The average Bonchev–Trinajstić information content (AvgIpc) is 2.36. The Kier molecular flexibility index (Phi) is 2.96. The molecule has 0 bridgehead atoms. The molecule has 0 aliphatic rings. The lowest BCUT2D eigenvalue weighted by Gasteiger charge is -2.07. The fraction of sp³-hybridized carbons (Fsp3) is 0.333. The number of halogens is 4. The molecular formula is C12H11F4N2+. The van der Waals surface area contributed by atoms with Crippen LogP contribution in [-0.4, -0.2) is 4.98 Å². The monoisotopic (exact) mass is 259 g/mol. The third kappa shape index (κ3) is 1.55. The van der Waals surface area contributed by atoms with Crippen LogP contribution in [0.4, 0.5) is 17.6 Å². The first-order chi connectivity index (χ1) is 8.40. The van der Waals surface area contributed by atoms with E-state index >= 15 is 0 Å². The number of hydrogen-bond donors (Lipinski definition) is 0. The molecule has 1 aromatic heterocycles. The largest absolute Gasteiger partial charge is 0.296 e. The summed E-state index contributed by atoms with van der Waals surface area (Å²) in [4.78, 5) is 3.79. The maximum atomic E-state index is 13.8. The first-order valence-electron chi connectivity index (χ1n) is 5.41. The summed E-state index contributed by atoms with van der Waals surface area (Å²) < 4.78 is 55.3. The summed E-state index contributed by atoms with van der Waals surface area (Å²) in [5.74, 6) is -6.10. The van der Waals surface area contributed by atoms with Crippen LogP contribution >= 0.6 is 0 Å². The molecule has 0 amide bonds. The molecule has 96 valence electrons. The Labute approximate surface area is 101 Å². The summed E-state index contributed by atoms with van der Waals surface area (Å²) >= 11 is 0. The zero-order valence-corrected chi connectivity index (χ0v) is 10.1. The van der Waals surface area contributed by atoms with Gasteiger partial charge >= 0.3 is 0 Å². The van der Waals surface area contributed by atoms with E-state index in [2.05, 4.69) is 4.98 Å². The summed E-state index contributed by atoms with van der Waals surface area (Å²) in [7, 11) is 1.61. The van der Waals surface area contributed by atoms with Crippen LogP contribution in [-0.2, 0) is 13.5 Å². The Morgan fingerprint density at radius 2 is 1.56 bits per heavy atom. The van der Waals surface area contributed by atoms with Gasteiger partial charge in [0, 0.05) is 13.3 Å². The quantitative estimate of drug-likeness (QED) is 0.333. The minimum Gasteiger partial charge on any atom is -0.234 e. The molecule has 2 nitrogen and oxygen atoms in total. The highest BCUT2D eigenvalue weighted by molar-refractivity contribution is 5.81. The Bertz CT molecular complexity index is 653. The molecule has 6 heteroatoms. The van der Waals surface area contributed by atoms with E-state index < -0.39 is 28.8 Å². The number of hydrogen-bond acceptors (Lipinski definition) is 1. The second-order valence-corrected chi connectivity index (χ2v) is 4.00. The van der Waals surface area contributed by atoms with Crippen LogP contribution < -0.4 is 4.57 Å². The molecule has 0 saturated heterocycles. The minimum absolute atomic E-state index is 0.304. The van der Waals surface area contributed by atoms with Crippen molar-refractivity contribution in [3.63, 3.8) is 0 Å². The smallest absolute Gasteiger partial charge is 0.234 e. The molecule has 0 unspecified atom stereocenters. The lowest BCUT2D eigenvalue weighted by Crippen LogP contribution is -2.38. The van der Waals surface area contributed by atoms with Gasteiger partial charge in [-0.15, -0.1) is 0 Å². The summed E-state index contributed by atoms with van der Waals surface area (Å²) in [6.45, 7) is 3.30. The van der Waals surface area contributed by atoms with Crippen molar-refractivity contribution in [3.05, 3.63) is 34.8 Å². The van der Waals surface area contributed by atoms with E-state index in [0.29, 0.717) is 17.9 Å². The Morgan fingerprint density at radius 3 is 2.11 bits per heavy atom. The topological polar surface area (TPSA) is 16.8 Å².